The van der Waals surface area contributed by atoms with Gasteiger partial charge in [-0.3, -0.25) is 0 Å². The van der Waals surface area contributed by atoms with Crippen molar-refractivity contribution in [2.45, 2.75) is 0 Å². The molecule has 0 fully saturated rings. The van der Waals surface area contributed by atoms with Crippen molar-refractivity contribution in [1.29, 1.82) is 0 Å². The highest BCUT2D eigenvalue weighted by molar-refractivity contribution is 9.10. The number of hydrogen-bond donors (Lipinski definition) is 0. The Hall–Kier alpha value is -0.470. The fraction of sp³-hybridized carbons (Fsp3) is 0.462. The van der Waals surface area contributed by atoms with E-state index in [2.05, 4.69) is 15.9 Å². The van der Waals surface area contributed by atoms with Crippen LogP contribution in [0, 0.1) is 4.51 Å². The number of thiophene rings is 1. The second-order valence-corrected chi connectivity index (χ2v) is 6.39. The summed E-state index contributed by atoms with van der Waals surface area (Å²) in [6.07, 6.45) is 0. The van der Waals surface area contributed by atoms with Crippen LogP contribution in [0.5, 0.6) is 0 Å². The molecule has 0 atom stereocenters. The maximum absolute atomic E-state index is 5.90. The Balaban J connectivity index is 2.04. The molecule has 4 nitrogen and oxygen atoms in total. The van der Waals surface area contributed by atoms with E-state index in [0.717, 1.165) is 31.7 Å². The van der Waals surface area contributed by atoms with Crippen LogP contribution in [0.2, 0.25) is 0 Å². The third-order valence-corrected chi connectivity index (χ3v) is 5.11. The Labute approximate surface area is 135 Å². The van der Waals surface area contributed by atoms with Crippen molar-refractivity contribution in [1.82, 2.24) is 0 Å². The number of methoxy groups -OCH3 is 1. The Bertz CT molecular complexity index is 626. The minimum Gasteiger partial charge on any atom is -0.438 e. The van der Waals surface area contributed by atoms with Crippen LogP contribution in [0.25, 0.3) is 10.3 Å². The second-order valence-electron chi connectivity index (χ2n) is 4.22. The smallest absolute Gasteiger partial charge is 0.197 e. The molecule has 0 bridgehead atoms. The van der Waals surface area contributed by atoms with E-state index in [9.17, 15) is 0 Å². The van der Waals surface area contributed by atoms with Gasteiger partial charge in [0.2, 0.25) is 0 Å². The lowest BCUT2D eigenvalue weighted by atomic mass is 10.4. The Morgan fingerprint density at radius 3 is 2.95 bits per heavy atom. The van der Waals surface area contributed by atoms with Crippen LogP contribution in [-0.4, -0.2) is 40.5 Å². The van der Waals surface area contributed by atoms with Gasteiger partial charge in [-0.15, -0.1) is 11.3 Å². The zero-order chi connectivity index (χ0) is 14.5. The maximum Gasteiger partial charge on any atom is 0.197 e. The first kappa shape index (κ1) is 15.9. The third kappa shape index (κ3) is 3.79. The monoisotopic (exact) mass is 377 g/mol. The third-order valence-electron chi connectivity index (χ3n) is 2.77. The van der Waals surface area contributed by atoms with E-state index >= 15 is 0 Å². The number of fused-ring (bicyclic) bond motifs is 1. The molecule has 0 aliphatic carbocycles. The first-order valence-corrected chi connectivity index (χ1v) is 8.20. The zero-order valence-corrected chi connectivity index (χ0v) is 14.6. The van der Waals surface area contributed by atoms with Crippen LogP contribution in [0.1, 0.15) is 0 Å². The predicted molar refractivity (Wildman–Crippen MR) is 88.6 cm³/mol. The van der Waals surface area contributed by atoms with Gasteiger partial charge < -0.3 is 18.8 Å². The van der Waals surface area contributed by atoms with E-state index < -0.39 is 0 Å². The lowest BCUT2D eigenvalue weighted by molar-refractivity contribution is 0.0741. The molecule has 0 aliphatic heterocycles. The highest BCUT2D eigenvalue weighted by atomic mass is 79.9. The highest BCUT2D eigenvalue weighted by Gasteiger charge is 2.10. The van der Waals surface area contributed by atoms with Crippen LogP contribution in [0.4, 0.5) is 5.88 Å². The molecule has 0 unspecified atom stereocenters. The van der Waals surface area contributed by atoms with Crippen LogP contribution >= 0.6 is 39.5 Å². The quantitative estimate of drug-likeness (QED) is 0.536. The number of hydrogen-bond acceptors (Lipinski definition) is 6. The van der Waals surface area contributed by atoms with Crippen molar-refractivity contribution in [3.63, 3.8) is 0 Å². The summed E-state index contributed by atoms with van der Waals surface area (Å²) < 4.78 is 19.0. The van der Waals surface area contributed by atoms with Crippen molar-refractivity contribution >= 4 is 55.7 Å². The lowest BCUT2D eigenvalue weighted by Crippen LogP contribution is -2.23. The molecule has 0 N–H and O–H groups in total. The normalized spacial score (nSPS) is 11.2. The minimum atomic E-state index is 0.600. The van der Waals surface area contributed by atoms with Crippen molar-refractivity contribution in [3.8, 4) is 0 Å². The number of ether oxygens (including phenoxy) is 2. The molecule has 0 aliphatic rings. The van der Waals surface area contributed by atoms with Crippen LogP contribution in [0.15, 0.2) is 20.3 Å². The summed E-state index contributed by atoms with van der Waals surface area (Å²) in [6, 6.07) is 1.88. The number of halogens is 1. The summed E-state index contributed by atoms with van der Waals surface area (Å²) in [4.78, 5) is 1.99. The van der Waals surface area contributed by atoms with Crippen LogP contribution < -0.4 is 4.90 Å². The summed E-state index contributed by atoms with van der Waals surface area (Å²) in [7, 11) is 3.62. The van der Waals surface area contributed by atoms with E-state index in [4.69, 9.17) is 26.1 Å². The first-order valence-electron chi connectivity index (χ1n) is 6.12. The Kier molecular flexibility index (Phi) is 5.98. The lowest BCUT2D eigenvalue weighted by Gasteiger charge is -2.17. The summed E-state index contributed by atoms with van der Waals surface area (Å²) in [5, 5.41) is 1.99. The van der Waals surface area contributed by atoms with Crippen molar-refractivity contribution in [2.24, 2.45) is 0 Å². The average molecular weight is 378 g/mol. The first-order chi connectivity index (χ1) is 9.63. The number of rotatable bonds is 7. The molecule has 2 aromatic heterocycles. The van der Waals surface area contributed by atoms with Crippen LogP contribution in [0.3, 0.4) is 0 Å². The van der Waals surface area contributed by atoms with Crippen LogP contribution in [-0.2, 0) is 9.47 Å². The van der Waals surface area contributed by atoms with E-state index in [-0.39, 0.29) is 0 Å². The van der Waals surface area contributed by atoms with E-state index in [1.54, 1.807) is 18.4 Å². The van der Waals surface area contributed by atoms with Gasteiger partial charge in [0.15, 0.2) is 11.5 Å². The number of anilines is 1. The average Bonchev–Trinajstić information content (AvgIpc) is 2.81. The van der Waals surface area contributed by atoms with E-state index in [1.807, 2.05) is 23.4 Å². The molecule has 20 heavy (non-hydrogen) atoms. The Morgan fingerprint density at radius 1 is 1.40 bits per heavy atom. The van der Waals surface area contributed by atoms with Gasteiger partial charge in [0, 0.05) is 32.1 Å². The van der Waals surface area contributed by atoms with Gasteiger partial charge in [-0.2, -0.15) is 0 Å². The largest absolute Gasteiger partial charge is 0.438 e. The maximum atomic E-state index is 5.90. The molecule has 0 amide bonds. The van der Waals surface area contributed by atoms with Gasteiger partial charge >= 0.3 is 0 Å². The molecule has 0 aromatic carbocycles. The molecule has 7 heteroatoms. The van der Waals surface area contributed by atoms with Gasteiger partial charge in [0.1, 0.15) is 0 Å². The Morgan fingerprint density at radius 2 is 2.20 bits per heavy atom. The minimum absolute atomic E-state index is 0.600. The molecule has 110 valence electrons. The molecule has 0 radical (unpaired) electrons. The van der Waals surface area contributed by atoms with Gasteiger partial charge in [0.25, 0.3) is 0 Å². The topological polar surface area (TPSA) is 34.8 Å². The predicted octanol–water partition coefficient (Wildman–Crippen LogP) is 4.09. The number of nitrogens with zero attached hydrogens (tertiary/aromatic N) is 1. The van der Waals surface area contributed by atoms with Gasteiger partial charge in [-0.05, 0) is 15.9 Å². The molecule has 0 saturated heterocycles. The fourth-order valence-electron chi connectivity index (χ4n) is 1.65. The summed E-state index contributed by atoms with van der Waals surface area (Å²) in [6.45, 7) is 2.56. The fourth-order valence-corrected chi connectivity index (χ4v) is 3.44. The molecule has 2 aromatic rings. The zero-order valence-electron chi connectivity index (χ0n) is 11.3. The molecular weight excluding hydrogens is 362 g/mol. The van der Waals surface area contributed by atoms with Crippen molar-refractivity contribution in [3.05, 3.63) is 20.4 Å². The van der Waals surface area contributed by atoms with E-state index in [0.29, 0.717) is 19.8 Å². The van der Waals surface area contributed by atoms with Gasteiger partial charge in [-0.1, -0.05) is 12.2 Å². The molecule has 2 heterocycles. The van der Waals surface area contributed by atoms with Crippen molar-refractivity contribution in [2.75, 3.05) is 45.4 Å². The SMILES string of the molecule is COCCOCCN(C)c1cc(=S)c2scc(Br)c2o1. The second kappa shape index (κ2) is 7.51. The molecule has 2 rings (SSSR count). The highest BCUT2D eigenvalue weighted by Crippen LogP contribution is 2.34. The van der Waals surface area contributed by atoms with Gasteiger partial charge in [0.05, 0.1) is 33.5 Å². The standard InChI is InChI=1S/C13H16BrNO3S2/c1-15(3-4-17-6-5-16-2)11-7-10(19)13-12(18-11)9(14)8-20-13/h7-8H,3-6H2,1-2H3. The molecular formula is C13H16BrNO3S2. The van der Waals surface area contributed by atoms with Crippen molar-refractivity contribution < 1.29 is 13.9 Å². The number of likely N-dealkylation sites (N-methyl/N-ethyl adjacent to an activating group) is 1. The van der Waals surface area contributed by atoms with E-state index in [1.165, 1.54) is 0 Å². The summed E-state index contributed by atoms with van der Waals surface area (Å²) in [5.41, 5.74) is 0.810. The van der Waals surface area contributed by atoms with Gasteiger partial charge in [-0.25, -0.2) is 0 Å². The molecule has 0 spiro atoms. The summed E-state index contributed by atoms with van der Waals surface area (Å²) in [5.74, 6) is 0.747. The summed E-state index contributed by atoms with van der Waals surface area (Å²) >= 11 is 10.5. The molecule has 0 saturated carbocycles.